The van der Waals surface area contributed by atoms with Gasteiger partial charge in [0.25, 0.3) is 0 Å². The minimum Gasteiger partial charge on any atom is -0.248 e. The van der Waals surface area contributed by atoms with Crippen LogP contribution in [0.25, 0.3) is 11.1 Å². The molecule has 1 unspecified atom stereocenters. The predicted molar refractivity (Wildman–Crippen MR) is 93.4 cm³/mol. The Balaban J connectivity index is 2.13. The first kappa shape index (κ1) is 16.0. The van der Waals surface area contributed by atoms with Crippen molar-refractivity contribution in [3.63, 3.8) is 0 Å². The molecule has 2 nitrogen and oxygen atoms in total. The Kier molecular flexibility index (Phi) is 5.77. The van der Waals surface area contributed by atoms with Gasteiger partial charge in [0.15, 0.2) is 6.71 Å². The summed E-state index contributed by atoms with van der Waals surface area (Å²) in [5, 5.41) is 5.37. The summed E-state index contributed by atoms with van der Waals surface area (Å²) in [4.78, 5) is 0.656. The molecule has 0 saturated carbocycles. The molecule has 2 N–H and O–H groups in total. The molecule has 0 aromatic heterocycles. The second-order valence-electron chi connectivity index (χ2n) is 5.49. The molecule has 4 heteroatoms. The third-order valence-electron chi connectivity index (χ3n) is 3.89. The monoisotopic (exact) mass is 299 g/mol. The molecule has 2 rings (SSSR count). The van der Waals surface area contributed by atoms with E-state index >= 15 is 0 Å². The van der Waals surface area contributed by atoms with E-state index in [1.54, 1.807) is 0 Å². The summed E-state index contributed by atoms with van der Waals surface area (Å²) in [7, 11) is -1.41. The fourth-order valence-electron chi connectivity index (χ4n) is 2.46. The van der Waals surface area contributed by atoms with Gasteiger partial charge < -0.3 is 0 Å². The van der Waals surface area contributed by atoms with Gasteiger partial charge in [0, 0.05) is 0 Å². The highest BCUT2D eigenvalue weighted by Crippen LogP contribution is 2.19. The van der Waals surface area contributed by atoms with Crippen molar-refractivity contribution in [2.45, 2.75) is 37.8 Å². The zero-order chi connectivity index (χ0) is 15.2. The van der Waals surface area contributed by atoms with Crippen LogP contribution in [0.5, 0.6) is 0 Å². The van der Waals surface area contributed by atoms with E-state index in [0.717, 1.165) is 5.56 Å². The third kappa shape index (κ3) is 4.29. The zero-order valence-corrected chi connectivity index (χ0v) is 13.5. The van der Waals surface area contributed by atoms with E-state index < -0.39 is 11.0 Å². The molecule has 0 fully saturated rings. The van der Waals surface area contributed by atoms with E-state index in [9.17, 15) is 4.21 Å². The van der Waals surface area contributed by atoms with Crippen LogP contribution in [-0.4, -0.2) is 10.9 Å². The minimum atomic E-state index is -1.41. The first-order chi connectivity index (χ1) is 10.1. The van der Waals surface area contributed by atoms with Crippen molar-refractivity contribution in [2.75, 3.05) is 0 Å². The Labute approximate surface area is 130 Å². The molecule has 0 aliphatic carbocycles. The molecule has 0 aliphatic rings. The van der Waals surface area contributed by atoms with E-state index in [2.05, 4.69) is 38.0 Å². The predicted octanol–water partition coefficient (Wildman–Crippen LogP) is 3.47. The first-order valence-electron chi connectivity index (χ1n) is 7.48. The van der Waals surface area contributed by atoms with Gasteiger partial charge in [-0.3, -0.25) is 0 Å². The smallest absolute Gasteiger partial charge is 0.172 e. The van der Waals surface area contributed by atoms with Gasteiger partial charge in [0.2, 0.25) is 0 Å². The Morgan fingerprint density at radius 3 is 2.00 bits per heavy atom. The summed E-state index contributed by atoms with van der Waals surface area (Å²) in [5.74, 6) is 0. The van der Waals surface area contributed by atoms with Crippen molar-refractivity contribution in [2.24, 2.45) is 5.14 Å². The van der Waals surface area contributed by atoms with Gasteiger partial charge in [0.05, 0.1) is 4.90 Å². The molecule has 0 amide bonds. The van der Waals surface area contributed by atoms with Gasteiger partial charge in [-0.1, -0.05) is 74.8 Å². The average molecular weight is 299 g/mol. The van der Waals surface area contributed by atoms with Gasteiger partial charge in [-0.2, -0.15) is 0 Å². The van der Waals surface area contributed by atoms with E-state index in [1.165, 1.54) is 30.2 Å². The summed E-state index contributed by atoms with van der Waals surface area (Å²) in [5.41, 5.74) is 3.69. The lowest BCUT2D eigenvalue weighted by Crippen LogP contribution is -2.25. The Hall–Kier alpha value is -1.39. The van der Waals surface area contributed by atoms with Crippen molar-refractivity contribution in [3.05, 3.63) is 48.5 Å². The third-order valence-corrected chi connectivity index (χ3v) is 4.63. The van der Waals surface area contributed by atoms with E-state index in [1.807, 2.05) is 24.3 Å². The van der Waals surface area contributed by atoms with Gasteiger partial charge in [-0.25, -0.2) is 9.35 Å². The number of benzene rings is 2. The molecular formula is C17H22BNOS. The van der Waals surface area contributed by atoms with Gasteiger partial charge in [-0.05, 0) is 23.3 Å². The number of nitrogens with two attached hydrogens (primary N) is 1. The highest BCUT2D eigenvalue weighted by atomic mass is 32.2. The second-order valence-corrected chi connectivity index (χ2v) is 6.55. The molecule has 110 valence electrons. The summed E-state index contributed by atoms with van der Waals surface area (Å²) in [6, 6.07) is 16.3. The molecule has 0 spiro atoms. The molecular weight excluding hydrogens is 277 g/mol. The molecule has 0 radical (unpaired) electrons. The molecule has 0 aliphatic heterocycles. The standard InChI is InChI=1S/C17H22BNOS/c1-3-4-13-18(2)16-9-5-14(6-10-16)15-7-11-17(12-8-15)21(19)20/h5-12H,3-4,13,19H2,1-2H3. The van der Waals surface area contributed by atoms with Crippen molar-refractivity contribution in [3.8, 4) is 11.1 Å². The molecule has 21 heavy (non-hydrogen) atoms. The van der Waals surface area contributed by atoms with Crippen LogP contribution in [-0.2, 0) is 11.0 Å². The Bertz CT molecular complexity index is 595. The largest absolute Gasteiger partial charge is 0.248 e. The fraction of sp³-hybridized carbons (Fsp3) is 0.294. The number of hydrogen-bond acceptors (Lipinski definition) is 1. The van der Waals surface area contributed by atoms with Gasteiger partial charge in [0.1, 0.15) is 11.0 Å². The number of unbranched alkanes of at least 4 members (excludes halogenated alkanes) is 1. The summed E-state index contributed by atoms with van der Waals surface area (Å²) in [6.07, 6.45) is 3.77. The maximum absolute atomic E-state index is 11.2. The lowest BCUT2D eigenvalue weighted by Gasteiger charge is -2.09. The second kappa shape index (κ2) is 7.57. The lowest BCUT2D eigenvalue weighted by atomic mass is 9.44. The molecule has 1 atom stereocenters. The molecule has 0 bridgehead atoms. The van der Waals surface area contributed by atoms with Gasteiger partial charge in [-0.15, -0.1) is 0 Å². The number of rotatable bonds is 6. The quantitative estimate of drug-likeness (QED) is 0.815. The SMILES string of the molecule is CCCCB(C)c1ccc(-c2ccc(S(N)=O)cc2)cc1. The van der Waals surface area contributed by atoms with E-state index in [0.29, 0.717) is 11.6 Å². The van der Waals surface area contributed by atoms with Crippen LogP contribution < -0.4 is 10.6 Å². The van der Waals surface area contributed by atoms with Crippen LogP contribution >= 0.6 is 0 Å². The van der Waals surface area contributed by atoms with Crippen LogP contribution in [0.15, 0.2) is 53.4 Å². The number of hydrogen-bond donors (Lipinski definition) is 1. The van der Waals surface area contributed by atoms with Crippen LogP contribution in [0.1, 0.15) is 19.8 Å². The van der Waals surface area contributed by atoms with Crippen molar-refractivity contribution >= 4 is 23.2 Å². The van der Waals surface area contributed by atoms with Crippen molar-refractivity contribution < 1.29 is 4.21 Å². The molecule has 0 heterocycles. The normalized spacial score (nSPS) is 12.1. The molecule has 2 aromatic carbocycles. The summed E-state index contributed by atoms with van der Waals surface area (Å²) >= 11 is 0. The molecule has 2 aromatic rings. The molecule has 0 saturated heterocycles. The average Bonchev–Trinajstić information content (AvgIpc) is 2.53. The van der Waals surface area contributed by atoms with Crippen LogP contribution in [0, 0.1) is 0 Å². The lowest BCUT2D eigenvalue weighted by molar-refractivity contribution is 0.684. The Morgan fingerprint density at radius 1 is 1.00 bits per heavy atom. The fourth-order valence-corrected chi connectivity index (χ4v) is 2.87. The van der Waals surface area contributed by atoms with Crippen LogP contribution in [0.2, 0.25) is 13.1 Å². The minimum absolute atomic E-state index is 0.612. The van der Waals surface area contributed by atoms with Crippen molar-refractivity contribution in [1.82, 2.24) is 0 Å². The maximum atomic E-state index is 11.2. The topological polar surface area (TPSA) is 43.1 Å². The van der Waals surface area contributed by atoms with E-state index in [4.69, 9.17) is 5.14 Å². The Morgan fingerprint density at radius 2 is 1.52 bits per heavy atom. The summed E-state index contributed by atoms with van der Waals surface area (Å²) in [6.45, 7) is 5.13. The van der Waals surface area contributed by atoms with Crippen molar-refractivity contribution in [1.29, 1.82) is 0 Å². The van der Waals surface area contributed by atoms with Crippen LogP contribution in [0.3, 0.4) is 0 Å². The van der Waals surface area contributed by atoms with E-state index in [-0.39, 0.29) is 0 Å². The van der Waals surface area contributed by atoms with Gasteiger partial charge >= 0.3 is 0 Å². The van der Waals surface area contributed by atoms with Crippen LogP contribution in [0.4, 0.5) is 0 Å². The highest BCUT2D eigenvalue weighted by molar-refractivity contribution is 7.82. The first-order valence-corrected chi connectivity index (χ1v) is 8.69. The highest BCUT2D eigenvalue weighted by Gasteiger charge is 2.09. The summed E-state index contributed by atoms with van der Waals surface area (Å²) < 4.78 is 11.2. The zero-order valence-electron chi connectivity index (χ0n) is 12.7. The maximum Gasteiger partial charge on any atom is 0.172 e.